The van der Waals surface area contributed by atoms with E-state index in [1.807, 2.05) is 31.2 Å². The molecule has 4 heteroatoms. The van der Waals surface area contributed by atoms with Gasteiger partial charge >= 0.3 is 0 Å². The summed E-state index contributed by atoms with van der Waals surface area (Å²) in [5.41, 5.74) is 2.29. The van der Waals surface area contributed by atoms with Gasteiger partial charge in [-0.1, -0.05) is 35.9 Å². The Balaban J connectivity index is 1.93. The normalized spacial score (nSPS) is 18.1. The van der Waals surface area contributed by atoms with Crippen LogP contribution in [0.5, 0.6) is 0 Å². The topological polar surface area (TPSA) is 49.4 Å². The first-order valence-electron chi connectivity index (χ1n) is 6.82. The van der Waals surface area contributed by atoms with Crippen LogP contribution in [0.2, 0.25) is 0 Å². The van der Waals surface area contributed by atoms with Gasteiger partial charge in [0, 0.05) is 26.1 Å². The van der Waals surface area contributed by atoms with E-state index in [9.17, 15) is 9.59 Å². The molecule has 4 nitrogen and oxygen atoms in total. The Hall–Kier alpha value is -2.10. The summed E-state index contributed by atoms with van der Waals surface area (Å²) in [6.45, 7) is 7.11. The van der Waals surface area contributed by atoms with E-state index in [1.54, 1.807) is 11.0 Å². The zero-order valence-electron chi connectivity index (χ0n) is 11.8. The van der Waals surface area contributed by atoms with Crippen LogP contribution < -0.4 is 5.32 Å². The Bertz CT molecular complexity index is 508. The van der Waals surface area contributed by atoms with E-state index in [0.29, 0.717) is 26.1 Å². The van der Waals surface area contributed by atoms with E-state index in [-0.39, 0.29) is 17.7 Å². The lowest BCUT2D eigenvalue weighted by Crippen LogP contribution is -2.32. The summed E-state index contributed by atoms with van der Waals surface area (Å²) in [7, 11) is 0. The second kappa shape index (κ2) is 6.37. The Morgan fingerprint density at radius 1 is 1.45 bits per heavy atom. The molecule has 1 N–H and O–H groups in total. The highest BCUT2D eigenvalue weighted by Crippen LogP contribution is 2.20. The van der Waals surface area contributed by atoms with Crippen molar-refractivity contribution in [2.24, 2.45) is 5.92 Å². The van der Waals surface area contributed by atoms with Gasteiger partial charge in [-0.25, -0.2) is 0 Å². The first kappa shape index (κ1) is 14.3. The summed E-state index contributed by atoms with van der Waals surface area (Å²) >= 11 is 0. The van der Waals surface area contributed by atoms with Crippen molar-refractivity contribution in [3.63, 3.8) is 0 Å². The number of carbonyl (C=O) groups is 2. The van der Waals surface area contributed by atoms with Gasteiger partial charge in [-0.15, -0.1) is 6.58 Å². The zero-order chi connectivity index (χ0) is 14.5. The van der Waals surface area contributed by atoms with Crippen molar-refractivity contribution in [1.29, 1.82) is 0 Å². The lowest BCUT2D eigenvalue weighted by Gasteiger charge is -2.16. The number of carbonyl (C=O) groups excluding carboxylic acids is 2. The first-order chi connectivity index (χ1) is 9.60. The highest BCUT2D eigenvalue weighted by molar-refractivity contribution is 5.89. The molecule has 1 saturated heterocycles. The van der Waals surface area contributed by atoms with Gasteiger partial charge in [0.15, 0.2) is 0 Å². The summed E-state index contributed by atoms with van der Waals surface area (Å²) in [5.74, 6) is -0.262. The molecular weight excluding hydrogens is 252 g/mol. The fraction of sp³-hybridized carbons (Fsp3) is 0.375. The van der Waals surface area contributed by atoms with E-state index in [2.05, 4.69) is 11.9 Å². The standard InChI is InChI=1S/C16H20N2O2/c1-3-8-17-16(20)14-9-15(19)18(11-14)10-13-6-4-12(2)5-7-13/h3-7,14H,1,8-11H2,2H3,(H,17,20). The third kappa shape index (κ3) is 3.47. The van der Waals surface area contributed by atoms with E-state index in [1.165, 1.54) is 5.56 Å². The summed E-state index contributed by atoms with van der Waals surface area (Å²) in [6, 6.07) is 8.11. The van der Waals surface area contributed by atoms with Crippen LogP contribution in [-0.4, -0.2) is 29.8 Å². The fourth-order valence-electron chi connectivity index (χ4n) is 2.33. The molecule has 1 aliphatic rings. The average molecular weight is 272 g/mol. The van der Waals surface area contributed by atoms with Gasteiger partial charge in [0.2, 0.25) is 11.8 Å². The zero-order valence-corrected chi connectivity index (χ0v) is 11.8. The monoisotopic (exact) mass is 272 g/mol. The van der Waals surface area contributed by atoms with Crippen LogP contribution in [0.3, 0.4) is 0 Å². The summed E-state index contributed by atoms with van der Waals surface area (Å²) in [5, 5.41) is 2.75. The van der Waals surface area contributed by atoms with E-state index in [0.717, 1.165) is 5.56 Å². The predicted octanol–water partition coefficient (Wildman–Crippen LogP) is 1.65. The van der Waals surface area contributed by atoms with Crippen molar-refractivity contribution in [2.75, 3.05) is 13.1 Å². The van der Waals surface area contributed by atoms with Crippen LogP contribution in [-0.2, 0) is 16.1 Å². The van der Waals surface area contributed by atoms with Gasteiger partial charge in [-0.2, -0.15) is 0 Å². The van der Waals surface area contributed by atoms with Crippen molar-refractivity contribution in [3.05, 3.63) is 48.0 Å². The molecule has 1 unspecified atom stereocenters. The lowest BCUT2D eigenvalue weighted by atomic mass is 10.1. The molecule has 0 aromatic heterocycles. The van der Waals surface area contributed by atoms with Gasteiger partial charge in [0.1, 0.15) is 0 Å². The SMILES string of the molecule is C=CCNC(=O)C1CC(=O)N(Cc2ccc(C)cc2)C1. The molecule has 0 bridgehead atoms. The van der Waals surface area contributed by atoms with Crippen LogP contribution in [0.15, 0.2) is 36.9 Å². The second-order valence-corrected chi connectivity index (χ2v) is 5.19. The Kier molecular flexibility index (Phi) is 4.56. The molecule has 0 saturated carbocycles. The van der Waals surface area contributed by atoms with Gasteiger partial charge in [-0.05, 0) is 12.5 Å². The van der Waals surface area contributed by atoms with Gasteiger partial charge in [0.25, 0.3) is 0 Å². The molecule has 106 valence electrons. The third-order valence-corrected chi connectivity index (χ3v) is 3.50. The number of aryl methyl sites for hydroxylation is 1. The minimum Gasteiger partial charge on any atom is -0.352 e. The molecule has 1 aromatic carbocycles. The molecule has 20 heavy (non-hydrogen) atoms. The summed E-state index contributed by atoms with van der Waals surface area (Å²) < 4.78 is 0. The molecule has 0 spiro atoms. The van der Waals surface area contributed by atoms with E-state index in [4.69, 9.17) is 0 Å². The fourth-order valence-corrected chi connectivity index (χ4v) is 2.33. The predicted molar refractivity (Wildman–Crippen MR) is 77.9 cm³/mol. The van der Waals surface area contributed by atoms with Crippen molar-refractivity contribution < 1.29 is 9.59 Å². The lowest BCUT2D eigenvalue weighted by molar-refractivity contribution is -0.129. The highest BCUT2D eigenvalue weighted by Gasteiger charge is 2.33. The third-order valence-electron chi connectivity index (χ3n) is 3.50. The smallest absolute Gasteiger partial charge is 0.225 e. The average Bonchev–Trinajstić information content (AvgIpc) is 2.80. The molecule has 1 fully saturated rings. The minimum atomic E-state index is -0.243. The molecule has 1 heterocycles. The number of amides is 2. The Morgan fingerprint density at radius 3 is 2.80 bits per heavy atom. The maximum absolute atomic E-state index is 12.0. The number of nitrogens with one attached hydrogen (secondary N) is 1. The van der Waals surface area contributed by atoms with Crippen LogP contribution in [0, 0.1) is 12.8 Å². The number of rotatable bonds is 5. The van der Waals surface area contributed by atoms with Crippen LogP contribution in [0.4, 0.5) is 0 Å². The maximum Gasteiger partial charge on any atom is 0.225 e. The number of benzene rings is 1. The number of likely N-dealkylation sites (tertiary alicyclic amines) is 1. The molecule has 0 radical (unpaired) electrons. The Labute approximate surface area is 119 Å². The number of nitrogens with zero attached hydrogens (tertiary/aromatic N) is 1. The summed E-state index contributed by atoms with van der Waals surface area (Å²) in [6.07, 6.45) is 1.94. The molecule has 1 aliphatic heterocycles. The van der Waals surface area contributed by atoms with Crippen LogP contribution >= 0.6 is 0 Å². The van der Waals surface area contributed by atoms with E-state index < -0.39 is 0 Å². The van der Waals surface area contributed by atoms with Gasteiger partial charge < -0.3 is 10.2 Å². The first-order valence-corrected chi connectivity index (χ1v) is 6.82. The van der Waals surface area contributed by atoms with Crippen molar-refractivity contribution in [2.45, 2.75) is 19.9 Å². The molecule has 1 aromatic rings. The van der Waals surface area contributed by atoms with Crippen LogP contribution in [0.1, 0.15) is 17.5 Å². The number of hydrogen-bond donors (Lipinski definition) is 1. The van der Waals surface area contributed by atoms with Crippen molar-refractivity contribution >= 4 is 11.8 Å². The minimum absolute atomic E-state index is 0.0457. The quantitative estimate of drug-likeness (QED) is 0.829. The van der Waals surface area contributed by atoms with Gasteiger partial charge in [0.05, 0.1) is 5.92 Å². The van der Waals surface area contributed by atoms with Gasteiger partial charge in [-0.3, -0.25) is 9.59 Å². The van der Waals surface area contributed by atoms with Crippen LogP contribution in [0.25, 0.3) is 0 Å². The molecule has 2 amide bonds. The number of hydrogen-bond acceptors (Lipinski definition) is 2. The molecule has 0 aliphatic carbocycles. The molecule has 2 rings (SSSR count). The van der Waals surface area contributed by atoms with Crippen molar-refractivity contribution in [3.8, 4) is 0 Å². The molecular formula is C16H20N2O2. The van der Waals surface area contributed by atoms with E-state index >= 15 is 0 Å². The van der Waals surface area contributed by atoms with Crippen molar-refractivity contribution in [1.82, 2.24) is 10.2 Å². The summed E-state index contributed by atoms with van der Waals surface area (Å²) in [4.78, 5) is 25.6. The Morgan fingerprint density at radius 2 is 2.15 bits per heavy atom. The maximum atomic E-state index is 12.0. The largest absolute Gasteiger partial charge is 0.352 e. The second-order valence-electron chi connectivity index (χ2n) is 5.19. The highest BCUT2D eigenvalue weighted by atomic mass is 16.2. The molecule has 1 atom stereocenters.